The summed E-state index contributed by atoms with van der Waals surface area (Å²) >= 11 is 3.23. The molecule has 2 N–H and O–H groups in total. The van der Waals surface area contributed by atoms with Crippen LogP contribution in [0.4, 0.5) is 23.7 Å². The predicted octanol–water partition coefficient (Wildman–Crippen LogP) is 5.64. The molecule has 31 heavy (non-hydrogen) atoms. The van der Waals surface area contributed by atoms with Crippen molar-refractivity contribution in [1.82, 2.24) is 10.3 Å². The molecule has 1 heterocycles. The summed E-state index contributed by atoms with van der Waals surface area (Å²) in [5.41, 5.74) is 2.21. The Morgan fingerprint density at radius 3 is 2.52 bits per heavy atom. The molecule has 0 atom stereocenters. The first kappa shape index (κ1) is 22.4. The molecule has 0 radical (unpaired) electrons. The van der Waals surface area contributed by atoms with E-state index in [1.807, 2.05) is 6.07 Å². The molecule has 0 fully saturated rings. The lowest BCUT2D eigenvalue weighted by Gasteiger charge is -2.13. The maximum atomic E-state index is 12.4. The van der Waals surface area contributed by atoms with E-state index < -0.39 is 6.36 Å². The van der Waals surface area contributed by atoms with Crippen LogP contribution in [0.15, 0.2) is 71.5 Å². The summed E-state index contributed by atoms with van der Waals surface area (Å²) in [5, 5.41) is 5.43. The number of carbonyl (C=O) groups excluding carboxylic acids is 1. The van der Waals surface area contributed by atoms with Crippen molar-refractivity contribution in [1.29, 1.82) is 0 Å². The van der Waals surface area contributed by atoms with Gasteiger partial charge in [-0.3, -0.25) is 4.98 Å². The lowest BCUT2D eigenvalue weighted by molar-refractivity contribution is -0.274. The van der Waals surface area contributed by atoms with Gasteiger partial charge in [0.1, 0.15) is 18.1 Å². The van der Waals surface area contributed by atoms with Gasteiger partial charge in [-0.05, 0) is 57.4 Å². The average molecular weight is 496 g/mol. The van der Waals surface area contributed by atoms with E-state index in [0.29, 0.717) is 16.7 Å². The van der Waals surface area contributed by atoms with E-state index in [0.717, 1.165) is 17.2 Å². The standard InChI is InChI=1S/C21H17BrF3N3O3/c22-18-8-7-17(31-21(23,24)25)10-19(18)30-13-14-3-5-16(6-4-14)28-20(29)27-12-15-2-1-9-26-11-15/h1-11H,12-13H2,(H2,27,28,29). The van der Waals surface area contributed by atoms with Gasteiger partial charge in [-0.2, -0.15) is 0 Å². The van der Waals surface area contributed by atoms with Gasteiger partial charge in [-0.1, -0.05) is 18.2 Å². The second-order valence-corrected chi connectivity index (χ2v) is 7.15. The van der Waals surface area contributed by atoms with E-state index in [4.69, 9.17) is 4.74 Å². The number of urea groups is 1. The van der Waals surface area contributed by atoms with Crippen LogP contribution in [0.1, 0.15) is 11.1 Å². The zero-order valence-corrected chi connectivity index (χ0v) is 17.5. The fraction of sp³-hybridized carbons (Fsp3) is 0.143. The molecule has 0 spiro atoms. The monoisotopic (exact) mass is 495 g/mol. The number of anilines is 1. The SMILES string of the molecule is O=C(NCc1cccnc1)Nc1ccc(COc2cc(OC(F)(F)F)ccc2Br)cc1. The molecule has 1 aromatic heterocycles. The third-order valence-electron chi connectivity index (χ3n) is 3.92. The van der Waals surface area contributed by atoms with Crippen molar-refractivity contribution in [3.8, 4) is 11.5 Å². The number of halogens is 4. The van der Waals surface area contributed by atoms with Crippen molar-refractivity contribution in [3.63, 3.8) is 0 Å². The van der Waals surface area contributed by atoms with Gasteiger partial charge in [0.05, 0.1) is 4.47 Å². The van der Waals surface area contributed by atoms with Gasteiger partial charge in [-0.25, -0.2) is 4.79 Å². The maximum absolute atomic E-state index is 12.4. The number of alkyl halides is 3. The molecule has 0 saturated carbocycles. The topological polar surface area (TPSA) is 72.5 Å². The number of carbonyl (C=O) groups is 1. The Hall–Kier alpha value is -3.27. The largest absolute Gasteiger partial charge is 0.573 e. The second kappa shape index (κ2) is 10.2. The number of amides is 2. The highest BCUT2D eigenvalue weighted by Crippen LogP contribution is 2.32. The fourth-order valence-electron chi connectivity index (χ4n) is 2.50. The first-order valence-electron chi connectivity index (χ1n) is 8.99. The Morgan fingerprint density at radius 2 is 1.84 bits per heavy atom. The highest BCUT2D eigenvalue weighted by molar-refractivity contribution is 9.10. The van der Waals surface area contributed by atoms with Gasteiger partial charge in [0, 0.05) is 30.7 Å². The smallest absolute Gasteiger partial charge is 0.488 e. The normalized spacial score (nSPS) is 11.0. The molecule has 6 nitrogen and oxygen atoms in total. The summed E-state index contributed by atoms with van der Waals surface area (Å²) in [4.78, 5) is 16.0. The second-order valence-electron chi connectivity index (χ2n) is 6.29. The molecule has 3 aromatic rings. The summed E-state index contributed by atoms with van der Waals surface area (Å²) in [5.74, 6) is -0.165. The molecular formula is C21H17BrF3N3O3. The number of aromatic nitrogens is 1. The molecule has 3 rings (SSSR count). The minimum Gasteiger partial charge on any atom is -0.488 e. The minimum atomic E-state index is -4.78. The summed E-state index contributed by atoms with van der Waals surface area (Å²) in [6.07, 6.45) is -1.46. The quantitative estimate of drug-likeness (QED) is 0.444. The number of benzene rings is 2. The van der Waals surface area contributed by atoms with Crippen LogP contribution in [-0.2, 0) is 13.2 Å². The van der Waals surface area contributed by atoms with Gasteiger partial charge >= 0.3 is 12.4 Å². The Balaban J connectivity index is 1.51. The van der Waals surface area contributed by atoms with Crippen LogP contribution in [-0.4, -0.2) is 17.4 Å². The van der Waals surface area contributed by atoms with Crippen molar-refractivity contribution in [3.05, 3.63) is 82.6 Å². The van der Waals surface area contributed by atoms with Crippen LogP contribution < -0.4 is 20.1 Å². The average Bonchev–Trinajstić information content (AvgIpc) is 2.73. The fourth-order valence-corrected chi connectivity index (χ4v) is 2.86. The number of hydrogen-bond donors (Lipinski definition) is 2. The zero-order chi connectivity index (χ0) is 22.3. The Kier molecular flexibility index (Phi) is 7.35. The van der Waals surface area contributed by atoms with Gasteiger partial charge < -0.3 is 20.1 Å². The predicted molar refractivity (Wildman–Crippen MR) is 112 cm³/mol. The third kappa shape index (κ3) is 7.49. The molecule has 0 aliphatic rings. The van der Waals surface area contributed by atoms with Gasteiger partial charge in [0.15, 0.2) is 0 Å². The number of hydrogen-bond acceptors (Lipinski definition) is 4. The van der Waals surface area contributed by atoms with Crippen molar-refractivity contribution < 1.29 is 27.4 Å². The van der Waals surface area contributed by atoms with Crippen LogP contribution in [0, 0.1) is 0 Å². The highest BCUT2D eigenvalue weighted by atomic mass is 79.9. The number of rotatable bonds is 7. The maximum Gasteiger partial charge on any atom is 0.573 e. The number of nitrogens with one attached hydrogen (secondary N) is 2. The molecule has 0 aliphatic carbocycles. The van der Waals surface area contributed by atoms with E-state index in [2.05, 4.69) is 36.3 Å². The van der Waals surface area contributed by atoms with E-state index in [9.17, 15) is 18.0 Å². The lowest BCUT2D eigenvalue weighted by Crippen LogP contribution is -2.28. The number of nitrogens with zero attached hydrogens (tertiary/aromatic N) is 1. The van der Waals surface area contributed by atoms with E-state index >= 15 is 0 Å². The molecule has 162 valence electrons. The van der Waals surface area contributed by atoms with E-state index in [1.165, 1.54) is 12.1 Å². The molecule has 0 unspecified atom stereocenters. The Bertz CT molecular complexity index is 1020. The molecule has 10 heteroatoms. The minimum absolute atomic E-state index is 0.113. The molecule has 2 amide bonds. The first-order chi connectivity index (χ1) is 14.8. The van der Waals surface area contributed by atoms with Gasteiger partial charge in [0.2, 0.25) is 0 Å². The van der Waals surface area contributed by atoms with Crippen molar-refractivity contribution in [2.24, 2.45) is 0 Å². The zero-order valence-electron chi connectivity index (χ0n) is 15.9. The Labute approximate surface area is 184 Å². The lowest BCUT2D eigenvalue weighted by atomic mass is 10.2. The Morgan fingerprint density at radius 1 is 1.06 bits per heavy atom. The summed E-state index contributed by atoms with van der Waals surface area (Å²) in [6, 6.07) is 13.9. The highest BCUT2D eigenvalue weighted by Gasteiger charge is 2.31. The van der Waals surface area contributed by atoms with Crippen LogP contribution in [0.5, 0.6) is 11.5 Å². The molecule has 2 aromatic carbocycles. The summed E-state index contributed by atoms with van der Waals surface area (Å²) in [6.45, 7) is 0.457. The van der Waals surface area contributed by atoms with Crippen LogP contribution >= 0.6 is 15.9 Å². The van der Waals surface area contributed by atoms with Crippen LogP contribution in [0.2, 0.25) is 0 Å². The molecule has 0 saturated heterocycles. The summed E-state index contributed by atoms with van der Waals surface area (Å²) < 4.78 is 47.1. The molecule has 0 bridgehead atoms. The van der Waals surface area contributed by atoms with Crippen molar-refractivity contribution in [2.45, 2.75) is 19.5 Å². The summed E-state index contributed by atoms with van der Waals surface area (Å²) in [7, 11) is 0. The first-order valence-corrected chi connectivity index (χ1v) is 9.78. The van der Waals surface area contributed by atoms with Crippen molar-refractivity contribution in [2.75, 3.05) is 5.32 Å². The van der Waals surface area contributed by atoms with Gasteiger partial charge in [0.25, 0.3) is 0 Å². The van der Waals surface area contributed by atoms with Crippen molar-refractivity contribution >= 4 is 27.6 Å². The van der Waals surface area contributed by atoms with Gasteiger partial charge in [-0.15, -0.1) is 13.2 Å². The van der Waals surface area contributed by atoms with E-state index in [1.54, 1.807) is 42.7 Å². The molecular weight excluding hydrogens is 479 g/mol. The third-order valence-corrected chi connectivity index (χ3v) is 4.57. The number of pyridine rings is 1. The van der Waals surface area contributed by atoms with Crippen LogP contribution in [0.3, 0.4) is 0 Å². The number of ether oxygens (including phenoxy) is 2. The van der Waals surface area contributed by atoms with Crippen LogP contribution in [0.25, 0.3) is 0 Å². The van der Waals surface area contributed by atoms with E-state index in [-0.39, 0.29) is 24.1 Å². The molecule has 0 aliphatic heterocycles.